The van der Waals surface area contributed by atoms with Crippen LogP contribution >= 0.6 is 0 Å². The van der Waals surface area contributed by atoms with Gasteiger partial charge >= 0.3 is 0 Å². The first-order valence-corrected chi connectivity index (χ1v) is 9.87. The van der Waals surface area contributed by atoms with E-state index in [0.29, 0.717) is 35.5 Å². The van der Waals surface area contributed by atoms with Crippen LogP contribution in [0.2, 0.25) is 0 Å². The van der Waals surface area contributed by atoms with Crippen molar-refractivity contribution in [2.75, 3.05) is 20.2 Å². The summed E-state index contributed by atoms with van der Waals surface area (Å²) in [6, 6.07) is 15.5. The van der Waals surface area contributed by atoms with Crippen molar-refractivity contribution < 1.29 is 14.3 Å². The normalized spacial score (nSPS) is 16.0. The molecule has 4 heteroatoms. The SMILES string of the molecule is COc1cc(C(=O)N(CC2CC2)CC2CC2)ccc1OCc1ccccc1. The van der Waals surface area contributed by atoms with E-state index >= 15 is 0 Å². The fraction of sp³-hybridized carbons (Fsp3) is 0.435. The van der Waals surface area contributed by atoms with Gasteiger partial charge < -0.3 is 14.4 Å². The van der Waals surface area contributed by atoms with Crippen LogP contribution in [-0.4, -0.2) is 31.0 Å². The fourth-order valence-corrected chi connectivity index (χ4v) is 3.30. The molecular weight excluding hydrogens is 338 g/mol. The van der Waals surface area contributed by atoms with Crippen molar-refractivity contribution in [3.8, 4) is 11.5 Å². The van der Waals surface area contributed by atoms with Crippen LogP contribution in [0.15, 0.2) is 48.5 Å². The maximum Gasteiger partial charge on any atom is 0.254 e. The molecule has 2 fully saturated rings. The molecule has 1 amide bonds. The van der Waals surface area contributed by atoms with E-state index in [-0.39, 0.29) is 5.91 Å². The first-order valence-electron chi connectivity index (χ1n) is 9.87. The lowest BCUT2D eigenvalue weighted by Gasteiger charge is -2.23. The Hall–Kier alpha value is -2.49. The van der Waals surface area contributed by atoms with Gasteiger partial charge in [0.15, 0.2) is 11.5 Å². The summed E-state index contributed by atoms with van der Waals surface area (Å²) in [6.45, 7) is 2.26. The first kappa shape index (κ1) is 17.9. The van der Waals surface area contributed by atoms with E-state index in [1.165, 1.54) is 25.7 Å². The molecule has 0 radical (unpaired) electrons. The minimum Gasteiger partial charge on any atom is -0.493 e. The average molecular weight is 365 g/mol. The Bertz CT molecular complexity index is 767. The van der Waals surface area contributed by atoms with E-state index < -0.39 is 0 Å². The van der Waals surface area contributed by atoms with Gasteiger partial charge in [0.1, 0.15) is 6.61 Å². The molecule has 4 rings (SSSR count). The van der Waals surface area contributed by atoms with Crippen molar-refractivity contribution in [1.82, 2.24) is 4.90 Å². The Balaban J connectivity index is 1.46. The van der Waals surface area contributed by atoms with E-state index in [0.717, 1.165) is 18.7 Å². The topological polar surface area (TPSA) is 38.8 Å². The molecule has 142 valence electrons. The van der Waals surface area contributed by atoms with Crippen LogP contribution in [0.25, 0.3) is 0 Å². The number of carbonyl (C=O) groups excluding carboxylic acids is 1. The third-order valence-electron chi connectivity index (χ3n) is 5.29. The van der Waals surface area contributed by atoms with Crippen molar-refractivity contribution in [3.63, 3.8) is 0 Å². The molecule has 0 aliphatic heterocycles. The molecule has 2 aromatic rings. The molecule has 2 aliphatic rings. The molecule has 27 heavy (non-hydrogen) atoms. The van der Waals surface area contributed by atoms with Crippen molar-refractivity contribution in [1.29, 1.82) is 0 Å². The highest BCUT2D eigenvalue weighted by Crippen LogP contribution is 2.35. The Kier molecular flexibility index (Phi) is 5.33. The Labute approximate surface area is 161 Å². The molecule has 0 spiro atoms. The molecule has 0 bridgehead atoms. The third-order valence-corrected chi connectivity index (χ3v) is 5.29. The quantitative estimate of drug-likeness (QED) is 0.655. The van der Waals surface area contributed by atoms with Gasteiger partial charge in [-0.25, -0.2) is 0 Å². The summed E-state index contributed by atoms with van der Waals surface area (Å²) >= 11 is 0. The second-order valence-electron chi connectivity index (χ2n) is 7.74. The fourth-order valence-electron chi connectivity index (χ4n) is 3.30. The number of methoxy groups -OCH3 is 1. The van der Waals surface area contributed by atoms with Crippen molar-refractivity contribution in [3.05, 3.63) is 59.7 Å². The van der Waals surface area contributed by atoms with Gasteiger partial charge in [0.05, 0.1) is 7.11 Å². The van der Waals surface area contributed by atoms with Crippen LogP contribution in [-0.2, 0) is 6.61 Å². The average Bonchev–Trinajstić information content (AvgIpc) is 3.62. The summed E-state index contributed by atoms with van der Waals surface area (Å²) in [5, 5.41) is 0. The maximum atomic E-state index is 13.1. The van der Waals surface area contributed by atoms with Crippen LogP contribution in [0, 0.1) is 11.8 Å². The van der Waals surface area contributed by atoms with E-state index in [4.69, 9.17) is 9.47 Å². The zero-order chi connectivity index (χ0) is 18.6. The highest BCUT2D eigenvalue weighted by atomic mass is 16.5. The number of ether oxygens (including phenoxy) is 2. The number of rotatable bonds is 9. The van der Waals surface area contributed by atoms with E-state index in [9.17, 15) is 4.79 Å². The summed E-state index contributed by atoms with van der Waals surface area (Å²) < 4.78 is 11.4. The zero-order valence-corrected chi connectivity index (χ0v) is 15.9. The maximum absolute atomic E-state index is 13.1. The number of amides is 1. The van der Waals surface area contributed by atoms with E-state index in [1.54, 1.807) is 7.11 Å². The van der Waals surface area contributed by atoms with Gasteiger partial charge in [-0.2, -0.15) is 0 Å². The van der Waals surface area contributed by atoms with Gasteiger partial charge in [0.25, 0.3) is 5.91 Å². The summed E-state index contributed by atoms with van der Waals surface area (Å²) in [7, 11) is 1.62. The molecule has 0 aromatic heterocycles. The summed E-state index contributed by atoms with van der Waals surface area (Å²) in [4.78, 5) is 15.1. The highest BCUT2D eigenvalue weighted by molar-refractivity contribution is 5.95. The van der Waals surface area contributed by atoms with Gasteiger partial charge in [-0.3, -0.25) is 4.79 Å². The number of benzene rings is 2. The lowest BCUT2D eigenvalue weighted by Crippen LogP contribution is -2.34. The van der Waals surface area contributed by atoms with Gasteiger partial charge in [0.2, 0.25) is 0 Å². The molecule has 0 unspecified atom stereocenters. The zero-order valence-electron chi connectivity index (χ0n) is 15.9. The number of carbonyl (C=O) groups is 1. The predicted octanol–water partition coefficient (Wildman–Crippen LogP) is 4.54. The summed E-state index contributed by atoms with van der Waals surface area (Å²) in [5.41, 5.74) is 1.78. The van der Waals surface area contributed by atoms with Crippen molar-refractivity contribution >= 4 is 5.91 Å². The van der Waals surface area contributed by atoms with Crippen LogP contribution in [0.1, 0.15) is 41.6 Å². The van der Waals surface area contributed by atoms with Crippen LogP contribution in [0.4, 0.5) is 0 Å². The predicted molar refractivity (Wildman–Crippen MR) is 105 cm³/mol. The molecule has 2 aromatic carbocycles. The summed E-state index contributed by atoms with van der Waals surface area (Å²) in [5.74, 6) is 2.77. The third kappa shape index (κ3) is 4.82. The number of hydrogen-bond acceptors (Lipinski definition) is 3. The minimum atomic E-state index is 0.113. The smallest absolute Gasteiger partial charge is 0.254 e. The minimum absolute atomic E-state index is 0.113. The van der Waals surface area contributed by atoms with Gasteiger partial charge in [-0.1, -0.05) is 30.3 Å². The Morgan fingerprint density at radius 2 is 1.63 bits per heavy atom. The molecule has 0 N–H and O–H groups in total. The number of nitrogens with zero attached hydrogens (tertiary/aromatic N) is 1. The lowest BCUT2D eigenvalue weighted by atomic mass is 10.1. The monoisotopic (exact) mass is 365 g/mol. The van der Waals surface area contributed by atoms with Crippen molar-refractivity contribution in [2.24, 2.45) is 11.8 Å². The van der Waals surface area contributed by atoms with Crippen molar-refractivity contribution in [2.45, 2.75) is 32.3 Å². The summed E-state index contributed by atoms with van der Waals surface area (Å²) in [6.07, 6.45) is 5.02. The van der Waals surface area contributed by atoms with E-state index in [1.807, 2.05) is 48.5 Å². The van der Waals surface area contributed by atoms with Gasteiger partial charge in [-0.15, -0.1) is 0 Å². The molecule has 0 heterocycles. The standard InChI is InChI=1S/C23H27NO3/c1-26-22-13-20(11-12-21(22)27-16-19-5-3-2-4-6-19)23(25)24(14-17-7-8-17)15-18-9-10-18/h2-6,11-13,17-18H,7-10,14-16H2,1H3. The molecular formula is C23H27NO3. The first-order chi connectivity index (χ1) is 13.2. The molecule has 0 atom stereocenters. The Morgan fingerprint density at radius 3 is 2.22 bits per heavy atom. The largest absolute Gasteiger partial charge is 0.493 e. The highest BCUT2D eigenvalue weighted by Gasteiger charge is 2.32. The van der Waals surface area contributed by atoms with E-state index in [2.05, 4.69) is 4.90 Å². The van der Waals surface area contributed by atoms with Gasteiger partial charge in [-0.05, 0) is 61.3 Å². The van der Waals surface area contributed by atoms with Crippen LogP contribution in [0.3, 0.4) is 0 Å². The van der Waals surface area contributed by atoms with Crippen LogP contribution < -0.4 is 9.47 Å². The molecule has 0 saturated heterocycles. The van der Waals surface area contributed by atoms with Crippen LogP contribution in [0.5, 0.6) is 11.5 Å². The molecule has 4 nitrogen and oxygen atoms in total. The second-order valence-corrected chi connectivity index (χ2v) is 7.74. The lowest BCUT2D eigenvalue weighted by molar-refractivity contribution is 0.0739. The van der Waals surface area contributed by atoms with Gasteiger partial charge in [0, 0.05) is 18.7 Å². The second kappa shape index (κ2) is 8.03. The Morgan fingerprint density at radius 1 is 0.963 bits per heavy atom. The number of hydrogen-bond donors (Lipinski definition) is 0. The molecule has 2 saturated carbocycles. The molecule has 2 aliphatic carbocycles.